The number of anilines is 1. The van der Waals surface area contributed by atoms with E-state index in [9.17, 15) is 14.7 Å². The maximum Gasteiger partial charge on any atom is 0.320 e. The first-order valence-corrected chi connectivity index (χ1v) is 12.1. The maximum atomic E-state index is 12.9. The van der Waals surface area contributed by atoms with Crippen LogP contribution in [0.1, 0.15) is 45.5 Å². The first-order chi connectivity index (χ1) is 17.7. The van der Waals surface area contributed by atoms with Crippen LogP contribution in [0.25, 0.3) is 0 Å². The summed E-state index contributed by atoms with van der Waals surface area (Å²) in [5.74, 6) is 1.46. The first kappa shape index (κ1) is 25.7. The van der Waals surface area contributed by atoms with Gasteiger partial charge in [-0.1, -0.05) is 12.1 Å². The van der Waals surface area contributed by atoms with Crippen molar-refractivity contribution in [3.05, 3.63) is 82.5 Å². The van der Waals surface area contributed by atoms with Crippen LogP contribution in [-0.2, 0) is 0 Å². The first-order valence-electron chi connectivity index (χ1n) is 12.1. The van der Waals surface area contributed by atoms with Crippen molar-refractivity contribution in [1.29, 1.82) is 5.41 Å². The van der Waals surface area contributed by atoms with Crippen LogP contribution in [0.3, 0.4) is 0 Å². The van der Waals surface area contributed by atoms with Gasteiger partial charge in [-0.05, 0) is 74.2 Å². The monoisotopic (exact) mass is 501 g/mol. The maximum absolute atomic E-state index is 12.9. The molecule has 1 aromatic heterocycles. The molecule has 2 amide bonds. The van der Waals surface area contributed by atoms with E-state index in [2.05, 4.69) is 20.5 Å². The lowest BCUT2D eigenvalue weighted by Crippen LogP contribution is -2.49. The van der Waals surface area contributed by atoms with Gasteiger partial charge in [0.25, 0.3) is 0 Å². The third-order valence-electron chi connectivity index (χ3n) is 6.51. The fraction of sp³-hybridized carbons (Fsp3) is 0.286. The number of phenols is 1. The number of hydrogen-bond acceptors (Lipinski definition) is 7. The molecule has 0 saturated carbocycles. The van der Waals surface area contributed by atoms with Crippen molar-refractivity contribution < 1.29 is 19.4 Å². The molecule has 1 saturated heterocycles. The molecular formula is C28H31N5O4. The summed E-state index contributed by atoms with van der Waals surface area (Å²) in [6.07, 6.45) is 3.04. The second kappa shape index (κ2) is 11.1. The number of carbonyl (C=O) groups excluding carboxylic acids is 2. The second-order valence-electron chi connectivity index (χ2n) is 9.16. The van der Waals surface area contributed by atoms with E-state index in [1.165, 1.54) is 0 Å². The number of rotatable bonds is 6. The number of hydrogen-bond donors (Lipinski definition) is 4. The predicted molar refractivity (Wildman–Crippen MR) is 142 cm³/mol. The van der Waals surface area contributed by atoms with Gasteiger partial charge in [0.1, 0.15) is 23.2 Å². The summed E-state index contributed by atoms with van der Waals surface area (Å²) in [5.41, 5.74) is 2.89. The van der Waals surface area contributed by atoms with E-state index in [1.54, 1.807) is 69.6 Å². The van der Waals surface area contributed by atoms with Crippen molar-refractivity contribution in [2.24, 2.45) is 0 Å². The van der Waals surface area contributed by atoms with Crippen LogP contribution in [0.5, 0.6) is 11.5 Å². The van der Waals surface area contributed by atoms with Gasteiger partial charge in [-0.25, -0.2) is 9.78 Å². The molecule has 0 spiro atoms. The molecule has 37 heavy (non-hydrogen) atoms. The van der Waals surface area contributed by atoms with Crippen LogP contribution in [-0.4, -0.2) is 54.0 Å². The Hall–Kier alpha value is -4.40. The molecule has 2 aromatic carbocycles. The highest BCUT2D eigenvalue weighted by molar-refractivity contribution is 6.09. The highest BCUT2D eigenvalue weighted by atomic mass is 16.5. The number of pyridine rings is 1. The van der Waals surface area contributed by atoms with Gasteiger partial charge in [-0.2, -0.15) is 0 Å². The zero-order valence-corrected chi connectivity index (χ0v) is 21.2. The number of phenolic OH excluding ortho intramolecular Hbond substituents is 1. The van der Waals surface area contributed by atoms with Gasteiger partial charge >= 0.3 is 6.03 Å². The number of amides is 2. The van der Waals surface area contributed by atoms with Crippen LogP contribution in [0, 0.1) is 19.3 Å². The molecule has 4 N–H and O–H groups in total. The third kappa shape index (κ3) is 6.06. The number of benzene rings is 2. The number of nitrogens with zero attached hydrogens (tertiary/aromatic N) is 2. The molecular weight excluding hydrogens is 470 g/mol. The normalized spacial score (nSPS) is 13.6. The van der Waals surface area contributed by atoms with Crippen molar-refractivity contribution >= 4 is 23.5 Å². The molecule has 192 valence electrons. The molecule has 9 heteroatoms. The van der Waals surface area contributed by atoms with Crippen LogP contribution in [0.2, 0.25) is 0 Å². The Morgan fingerprint density at radius 1 is 1.03 bits per heavy atom. The topological polar surface area (TPSA) is 128 Å². The number of carbonyl (C=O) groups is 2. The minimum absolute atomic E-state index is 0.00491. The second-order valence-corrected chi connectivity index (χ2v) is 9.16. The van der Waals surface area contributed by atoms with Crippen LogP contribution >= 0.6 is 0 Å². The Kier molecular flexibility index (Phi) is 7.71. The Morgan fingerprint density at radius 2 is 1.73 bits per heavy atom. The molecule has 1 aliphatic rings. The molecule has 9 nitrogen and oxygen atoms in total. The Bertz CT molecular complexity index is 1290. The number of methoxy groups -OCH3 is 1. The summed E-state index contributed by atoms with van der Waals surface area (Å²) >= 11 is 0. The number of ketones is 1. The zero-order valence-electron chi connectivity index (χ0n) is 21.2. The molecule has 4 rings (SSSR count). The molecule has 0 unspecified atom stereocenters. The number of aromatic nitrogens is 1. The molecule has 0 radical (unpaired) electrons. The van der Waals surface area contributed by atoms with Gasteiger partial charge in [0.2, 0.25) is 0 Å². The van der Waals surface area contributed by atoms with Crippen LogP contribution < -0.4 is 20.3 Å². The van der Waals surface area contributed by atoms with E-state index < -0.39 is 6.03 Å². The summed E-state index contributed by atoms with van der Waals surface area (Å²) in [5, 5.41) is 23.6. The van der Waals surface area contributed by atoms with Gasteiger partial charge in [0.15, 0.2) is 5.78 Å². The van der Waals surface area contributed by atoms with E-state index in [0.717, 1.165) is 18.7 Å². The van der Waals surface area contributed by atoms with Crippen LogP contribution in [0.15, 0.2) is 54.7 Å². The predicted octanol–water partition coefficient (Wildman–Crippen LogP) is 3.94. The lowest BCUT2D eigenvalue weighted by molar-refractivity contribution is 0.103. The molecule has 2 heterocycles. The van der Waals surface area contributed by atoms with Crippen molar-refractivity contribution in [3.63, 3.8) is 0 Å². The van der Waals surface area contributed by atoms with Gasteiger partial charge in [0.05, 0.1) is 7.11 Å². The Morgan fingerprint density at radius 3 is 2.35 bits per heavy atom. The smallest absolute Gasteiger partial charge is 0.320 e. The minimum Gasteiger partial charge on any atom is -0.507 e. The van der Waals surface area contributed by atoms with Crippen molar-refractivity contribution in [3.8, 4) is 11.5 Å². The number of aromatic hydroxyl groups is 1. The van der Waals surface area contributed by atoms with E-state index in [0.29, 0.717) is 46.7 Å². The van der Waals surface area contributed by atoms with Gasteiger partial charge < -0.3 is 20.1 Å². The van der Waals surface area contributed by atoms with E-state index in [-0.39, 0.29) is 23.4 Å². The van der Waals surface area contributed by atoms with Crippen molar-refractivity contribution in [2.45, 2.75) is 32.7 Å². The average Bonchev–Trinajstić information content (AvgIpc) is 2.91. The fourth-order valence-corrected chi connectivity index (χ4v) is 4.40. The summed E-state index contributed by atoms with van der Waals surface area (Å²) in [6.45, 7) is 4.95. The molecule has 1 aliphatic heterocycles. The number of nitrogens with one attached hydrogen (secondary N) is 3. The molecule has 3 aromatic rings. The molecule has 0 aliphatic carbocycles. The van der Waals surface area contributed by atoms with Crippen molar-refractivity contribution in [1.82, 2.24) is 15.6 Å². The Balaban J connectivity index is 1.29. The van der Waals surface area contributed by atoms with E-state index >= 15 is 0 Å². The average molecular weight is 502 g/mol. The molecule has 0 bridgehead atoms. The lowest BCUT2D eigenvalue weighted by atomic mass is 9.99. The zero-order chi connectivity index (χ0) is 26.5. The van der Waals surface area contributed by atoms with E-state index in [4.69, 9.17) is 10.1 Å². The summed E-state index contributed by atoms with van der Waals surface area (Å²) in [4.78, 5) is 31.9. The van der Waals surface area contributed by atoms with Gasteiger partial charge in [0, 0.05) is 42.0 Å². The summed E-state index contributed by atoms with van der Waals surface area (Å²) in [6, 6.07) is 13.5. The van der Waals surface area contributed by atoms with Gasteiger partial charge in [-0.3, -0.25) is 15.5 Å². The minimum atomic E-state index is -0.410. The number of amidine groups is 1. The quantitative estimate of drug-likeness (QED) is 0.230. The largest absolute Gasteiger partial charge is 0.507 e. The number of piperidine rings is 1. The summed E-state index contributed by atoms with van der Waals surface area (Å²) < 4.78 is 5.17. The number of urea groups is 1. The highest BCUT2D eigenvalue weighted by Crippen LogP contribution is 2.25. The highest BCUT2D eigenvalue weighted by Gasteiger charge is 2.22. The SMILES string of the molecule is COc1cccc(C(=N)NC(=O)NC2CCN(c3ccc(C(=O)c4cc(C)c(O)c(C)c4)cn3)CC2)c1. The number of aryl methyl sites for hydroxylation is 2. The van der Waals surface area contributed by atoms with Crippen LogP contribution in [0.4, 0.5) is 10.6 Å². The lowest BCUT2D eigenvalue weighted by Gasteiger charge is -2.33. The van der Waals surface area contributed by atoms with Crippen molar-refractivity contribution in [2.75, 3.05) is 25.1 Å². The molecule has 1 fully saturated rings. The standard InChI is InChI=1S/C28H31N5O4/c1-17-13-21(14-18(2)25(17)34)26(35)20-7-8-24(30-16-20)33-11-9-22(10-12-33)31-28(36)32-27(29)19-5-4-6-23(15-19)37-3/h4-8,13-16,22,34H,9-12H2,1-3H3,(H3,29,31,32,36). The third-order valence-corrected chi connectivity index (χ3v) is 6.51. The van der Waals surface area contributed by atoms with E-state index in [1.807, 2.05) is 6.07 Å². The van der Waals surface area contributed by atoms with Gasteiger partial charge in [-0.15, -0.1) is 0 Å². The number of ether oxygens (including phenoxy) is 1. The summed E-state index contributed by atoms with van der Waals surface area (Å²) in [7, 11) is 1.55. The molecule has 0 atom stereocenters. The Labute approximate surface area is 216 Å². The fourth-order valence-electron chi connectivity index (χ4n) is 4.40.